The summed E-state index contributed by atoms with van der Waals surface area (Å²) in [5, 5.41) is 9.13. The summed E-state index contributed by atoms with van der Waals surface area (Å²) in [6, 6.07) is 6.45. The Hall–Kier alpha value is -1.09. The first-order valence-corrected chi connectivity index (χ1v) is 6.52. The van der Waals surface area contributed by atoms with E-state index in [1.54, 1.807) is 0 Å². The minimum Gasteiger partial charge on any atom is -0.390 e. The fraction of sp³-hybridized carbons (Fsp3) is 0.643. The predicted molar refractivity (Wildman–Crippen MR) is 70.0 cm³/mol. The Bertz CT molecular complexity index is 367. The van der Waals surface area contributed by atoms with Gasteiger partial charge in [-0.15, -0.1) is 0 Å². The van der Waals surface area contributed by atoms with Crippen LogP contribution < -0.4 is 4.90 Å². The number of nitrogens with zero attached hydrogens (tertiary/aromatic N) is 2. The molecule has 0 radical (unpaired) electrons. The average molecular weight is 234 g/mol. The van der Waals surface area contributed by atoms with Crippen molar-refractivity contribution in [3.63, 3.8) is 0 Å². The monoisotopic (exact) mass is 234 g/mol. The number of pyridine rings is 1. The highest BCUT2D eigenvalue weighted by Crippen LogP contribution is 2.29. The topological polar surface area (TPSA) is 36.4 Å². The maximum absolute atomic E-state index is 9.13. The van der Waals surface area contributed by atoms with Crippen molar-refractivity contribution in [2.24, 2.45) is 5.92 Å². The molecule has 0 aromatic carbocycles. The van der Waals surface area contributed by atoms with E-state index in [0.717, 1.165) is 17.4 Å². The van der Waals surface area contributed by atoms with Crippen molar-refractivity contribution in [2.45, 2.75) is 45.3 Å². The maximum Gasteiger partial charge on any atom is 0.128 e. The fourth-order valence-electron chi connectivity index (χ4n) is 2.79. The second-order valence-electron chi connectivity index (χ2n) is 5.09. The van der Waals surface area contributed by atoms with Gasteiger partial charge in [-0.2, -0.15) is 0 Å². The van der Waals surface area contributed by atoms with E-state index in [9.17, 15) is 0 Å². The number of aliphatic hydroxyl groups is 1. The highest BCUT2D eigenvalue weighted by Gasteiger charge is 2.25. The number of aliphatic hydroxyl groups excluding tert-OH is 1. The van der Waals surface area contributed by atoms with Gasteiger partial charge in [-0.1, -0.05) is 25.8 Å². The fourth-order valence-corrected chi connectivity index (χ4v) is 2.79. The normalized spacial score (nSPS) is 24.6. The van der Waals surface area contributed by atoms with E-state index < -0.39 is 0 Å². The van der Waals surface area contributed by atoms with E-state index >= 15 is 0 Å². The van der Waals surface area contributed by atoms with E-state index in [1.165, 1.54) is 25.7 Å². The molecular weight excluding hydrogens is 212 g/mol. The molecular formula is C14H22N2O. The highest BCUT2D eigenvalue weighted by molar-refractivity contribution is 5.39. The van der Waals surface area contributed by atoms with Crippen molar-refractivity contribution in [1.29, 1.82) is 0 Å². The molecule has 17 heavy (non-hydrogen) atoms. The van der Waals surface area contributed by atoms with Crippen LogP contribution in [0.4, 0.5) is 5.82 Å². The van der Waals surface area contributed by atoms with E-state index in [0.29, 0.717) is 6.04 Å². The summed E-state index contributed by atoms with van der Waals surface area (Å²) < 4.78 is 0. The summed E-state index contributed by atoms with van der Waals surface area (Å²) in [4.78, 5) is 6.76. The Balaban J connectivity index is 2.14. The lowest BCUT2D eigenvalue weighted by Crippen LogP contribution is -2.39. The molecule has 1 aromatic heterocycles. The number of hydrogen-bond acceptors (Lipinski definition) is 3. The van der Waals surface area contributed by atoms with Gasteiger partial charge in [-0.25, -0.2) is 4.98 Å². The van der Waals surface area contributed by atoms with E-state index in [-0.39, 0.29) is 6.61 Å². The van der Waals surface area contributed by atoms with Crippen LogP contribution in [-0.4, -0.2) is 23.2 Å². The molecule has 1 aromatic rings. The molecule has 1 fully saturated rings. The predicted octanol–water partition coefficient (Wildman–Crippen LogP) is 2.59. The van der Waals surface area contributed by atoms with Crippen molar-refractivity contribution in [2.75, 3.05) is 11.9 Å². The van der Waals surface area contributed by atoms with Crippen LogP contribution in [0.2, 0.25) is 0 Å². The van der Waals surface area contributed by atoms with Crippen molar-refractivity contribution in [3.05, 3.63) is 23.9 Å². The third kappa shape index (κ3) is 2.78. The second-order valence-corrected chi connectivity index (χ2v) is 5.09. The first-order valence-electron chi connectivity index (χ1n) is 6.52. The van der Waals surface area contributed by atoms with Crippen molar-refractivity contribution in [3.8, 4) is 0 Å². The Labute approximate surface area is 103 Å². The van der Waals surface area contributed by atoms with Gasteiger partial charge in [0, 0.05) is 13.1 Å². The zero-order valence-electron chi connectivity index (χ0n) is 10.8. The average Bonchev–Trinajstić information content (AvgIpc) is 2.38. The second kappa shape index (κ2) is 5.50. The molecule has 0 spiro atoms. The smallest absolute Gasteiger partial charge is 0.128 e. The zero-order valence-corrected chi connectivity index (χ0v) is 10.8. The van der Waals surface area contributed by atoms with Gasteiger partial charge in [-0.3, -0.25) is 0 Å². The Morgan fingerprint density at radius 3 is 2.82 bits per heavy atom. The van der Waals surface area contributed by atoms with Crippen molar-refractivity contribution >= 4 is 5.82 Å². The Kier molecular flexibility index (Phi) is 4.00. The number of rotatable bonds is 3. The van der Waals surface area contributed by atoms with Crippen LogP contribution in [-0.2, 0) is 6.61 Å². The molecule has 1 heterocycles. The van der Waals surface area contributed by atoms with E-state index in [2.05, 4.69) is 23.9 Å². The molecule has 3 nitrogen and oxygen atoms in total. The molecule has 1 N–H and O–H groups in total. The van der Waals surface area contributed by atoms with Gasteiger partial charge in [0.05, 0.1) is 12.3 Å². The van der Waals surface area contributed by atoms with Gasteiger partial charge < -0.3 is 10.0 Å². The summed E-state index contributed by atoms with van der Waals surface area (Å²) in [6.45, 7) is 2.35. The molecule has 1 saturated carbocycles. The van der Waals surface area contributed by atoms with Crippen LogP contribution in [0.1, 0.15) is 38.3 Å². The van der Waals surface area contributed by atoms with Gasteiger partial charge in [-0.05, 0) is 30.9 Å². The van der Waals surface area contributed by atoms with Crippen LogP contribution in [0.3, 0.4) is 0 Å². The Morgan fingerprint density at radius 1 is 1.35 bits per heavy atom. The first kappa shape index (κ1) is 12.4. The van der Waals surface area contributed by atoms with Gasteiger partial charge >= 0.3 is 0 Å². The van der Waals surface area contributed by atoms with Gasteiger partial charge in [0.2, 0.25) is 0 Å². The highest BCUT2D eigenvalue weighted by atomic mass is 16.3. The molecule has 94 valence electrons. The third-order valence-electron chi connectivity index (χ3n) is 3.88. The lowest BCUT2D eigenvalue weighted by atomic mass is 9.85. The molecule has 0 saturated heterocycles. The first-order chi connectivity index (χ1) is 8.22. The minimum atomic E-state index is 0.0158. The van der Waals surface area contributed by atoms with E-state index in [1.807, 2.05) is 18.2 Å². The van der Waals surface area contributed by atoms with Gasteiger partial charge in [0.1, 0.15) is 5.82 Å². The zero-order chi connectivity index (χ0) is 12.3. The summed E-state index contributed by atoms with van der Waals surface area (Å²) in [5.74, 6) is 1.71. The summed E-state index contributed by atoms with van der Waals surface area (Å²) in [7, 11) is 2.12. The maximum atomic E-state index is 9.13. The Morgan fingerprint density at radius 2 is 2.12 bits per heavy atom. The van der Waals surface area contributed by atoms with Crippen LogP contribution in [0.15, 0.2) is 18.2 Å². The largest absolute Gasteiger partial charge is 0.390 e. The third-order valence-corrected chi connectivity index (χ3v) is 3.88. The van der Waals surface area contributed by atoms with Crippen LogP contribution in [0.5, 0.6) is 0 Å². The van der Waals surface area contributed by atoms with Gasteiger partial charge in [0.25, 0.3) is 0 Å². The van der Waals surface area contributed by atoms with Gasteiger partial charge in [0.15, 0.2) is 0 Å². The molecule has 0 amide bonds. The molecule has 2 unspecified atom stereocenters. The number of aromatic nitrogens is 1. The van der Waals surface area contributed by atoms with Crippen molar-refractivity contribution in [1.82, 2.24) is 4.98 Å². The molecule has 2 rings (SSSR count). The van der Waals surface area contributed by atoms with Crippen molar-refractivity contribution < 1.29 is 5.11 Å². The lowest BCUT2D eigenvalue weighted by Gasteiger charge is -2.37. The van der Waals surface area contributed by atoms with E-state index in [4.69, 9.17) is 5.11 Å². The summed E-state index contributed by atoms with van der Waals surface area (Å²) in [6.07, 6.45) is 5.24. The number of anilines is 1. The summed E-state index contributed by atoms with van der Waals surface area (Å²) in [5.41, 5.74) is 0.748. The number of hydrogen-bond donors (Lipinski definition) is 1. The molecule has 0 aliphatic heterocycles. The molecule has 1 aliphatic rings. The SMILES string of the molecule is CC1CCCCC1N(C)c1cccc(CO)n1. The minimum absolute atomic E-state index is 0.0158. The van der Waals surface area contributed by atoms with Crippen LogP contribution in [0.25, 0.3) is 0 Å². The quantitative estimate of drug-likeness (QED) is 0.873. The molecule has 0 bridgehead atoms. The standard InChI is InChI=1S/C14H22N2O/c1-11-6-3-4-8-13(11)16(2)14-9-5-7-12(10-17)15-14/h5,7,9,11,13,17H,3-4,6,8,10H2,1-2H3. The summed E-state index contributed by atoms with van der Waals surface area (Å²) >= 11 is 0. The molecule has 1 aliphatic carbocycles. The molecule has 2 atom stereocenters. The van der Waals surface area contributed by atoms with Crippen LogP contribution in [0, 0.1) is 5.92 Å². The molecule has 3 heteroatoms. The lowest BCUT2D eigenvalue weighted by molar-refractivity contribution is 0.276. The van der Waals surface area contributed by atoms with Crippen LogP contribution >= 0.6 is 0 Å².